The molecule has 0 aromatic heterocycles. The molecule has 1 heteroatoms. The lowest BCUT2D eigenvalue weighted by atomic mass is 9.56. The van der Waals surface area contributed by atoms with Gasteiger partial charge in [-0.25, -0.2) is 0 Å². The highest BCUT2D eigenvalue weighted by Crippen LogP contribution is 2.54. The van der Waals surface area contributed by atoms with Crippen LogP contribution in [0.25, 0.3) is 0 Å². The standard InChI is InChI=1S/C12H23I/c1-6-9-11(2,3)8-7-10(13)12(9,4)5/h9-10H,6-8H2,1-5H3/t9-,10+/m1/s1. The summed E-state index contributed by atoms with van der Waals surface area (Å²) in [5.74, 6) is 0.885. The summed E-state index contributed by atoms with van der Waals surface area (Å²) in [6.45, 7) is 12.2. The second kappa shape index (κ2) is 3.71. The zero-order valence-electron chi connectivity index (χ0n) is 9.65. The molecule has 0 heterocycles. The van der Waals surface area contributed by atoms with E-state index in [1.165, 1.54) is 19.3 Å². The van der Waals surface area contributed by atoms with Gasteiger partial charge in [-0.2, -0.15) is 0 Å². The zero-order valence-corrected chi connectivity index (χ0v) is 11.8. The Bertz CT molecular complexity index is 182. The van der Waals surface area contributed by atoms with Crippen LogP contribution in [0, 0.1) is 16.7 Å². The van der Waals surface area contributed by atoms with Crippen LogP contribution in [0.3, 0.4) is 0 Å². The molecular formula is C12H23I. The van der Waals surface area contributed by atoms with E-state index in [2.05, 4.69) is 57.2 Å². The van der Waals surface area contributed by atoms with Crippen molar-refractivity contribution in [2.75, 3.05) is 0 Å². The quantitative estimate of drug-likeness (QED) is 0.487. The average Bonchev–Trinajstić information content (AvgIpc) is 1.98. The maximum absolute atomic E-state index is 2.65. The summed E-state index contributed by atoms with van der Waals surface area (Å²) in [4.78, 5) is 0. The van der Waals surface area contributed by atoms with Gasteiger partial charge in [-0.1, -0.05) is 63.6 Å². The molecule has 0 aliphatic heterocycles. The first-order valence-electron chi connectivity index (χ1n) is 5.46. The van der Waals surface area contributed by atoms with Crippen molar-refractivity contribution in [1.82, 2.24) is 0 Å². The fourth-order valence-electron chi connectivity index (χ4n) is 3.35. The van der Waals surface area contributed by atoms with Crippen molar-refractivity contribution in [1.29, 1.82) is 0 Å². The molecule has 1 aliphatic rings. The Hall–Kier alpha value is 0.730. The minimum absolute atomic E-state index is 0.525. The van der Waals surface area contributed by atoms with Crippen LogP contribution >= 0.6 is 22.6 Å². The summed E-state index contributed by atoms with van der Waals surface area (Å²) in [6.07, 6.45) is 4.14. The van der Waals surface area contributed by atoms with E-state index >= 15 is 0 Å². The predicted molar refractivity (Wildman–Crippen MR) is 68.4 cm³/mol. The fraction of sp³-hybridized carbons (Fsp3) is 1.00. The number of alkyl halides is 1. The van der Waals surface area contributed by atoms with E-state index in [1.807, 2.05) is 0 Å². The molecule has 78 valence electrons. The van der Waals surface area contributed by atoms with E-state index in [4.69, 9.17) is 0 Å². The molecule has 2 atom stereocenters. The minimum Gasteiger partial charge on any atom is -0.0820 e. The van der Waals surface area contributed by atoms with Gasteiger partial charge in [0.25, 0.3) is 0 Å². The summed E-state index contributed by atoms with van der Waals surface area (Å²) < 4.78 is 0.864. The lowest BCUT2D eigenvalue weighted by Gasteiger charge is -2.52. The highest BCUT2D eigenvalue weighted by Gasteiger charge is 2.46. The van der Waals surface area contributed by atoms with E-state index < -0.39 is 0 Å². The number of hydrogen-bond donors (Lipinski definition) is 0. The van der Waals surface area contributed by atoms with E-state index in [0.717, 1.165) is 9.84 Å². The maximum Gasteiger partial charge on any atom is 0.0164 e. The predicted octanol–water partition coefficient (Wildman–Crippen LogP) is 4.66. The van der Waals surface area contributed by atoms with Crippen LogP contribution in [0.2, 0.25) is 0 Å². The normalized spacial score (nSPS) is 37.4. The van der Waals surface area contributed by atoms with Crippen molar-refractivity contribution < 1.29 is 0 Å². The molecule has 0 bridgehead atoms. The van der Waals surface area contributed by atoms with Crippen LogP contribution in [0.4, 0.5) is 0 Å². The average molecular weight is 294 g/mol. The largest absolute Gasteiger partial charge is 0.0820 e. The van der Waals surface area contributed by atoms with Gasteiger partial charge in [0.2, 0.25) is 0 Å². The van der Waals surface area contributed by atoms with Crippen LogP contribution in [-0.2, 0) is 0 Å². The van der Waals surface area contributed by atoms with Gasteiger partial charge < -0.3 is 0 Å². The first-order chi connectivity index (χ1) is 5.82. The molecule has 0 unspecified atom stereocenters. The van der Waals surface area contributed by atoms with Crippen LogP contribution in [0.1, 0.15) is 53.9 Å². The molecule has 0 nitrogen and oxygen atoms in total. The van der Waals surface area contributed by atoms with E-state index in [9.17, 15) is 0 Å². The molecule has 1 fully saturated rings. The van der Waals surface area contributed by atoms with Gasteiger partial charge in [-0.3, -0.25) is 0 Å². The Labute approximate surface area is 97.0 Å². The first kappa shape index (κ1) is 11.8. The second-order valence-corrected chi connectivity index (χ2v) is 7.28. The molecule has 0 saturated heterocycles. The molecule has 0 amide bonds. The van der Waals surface area contributed by atoms with Crippen molar-refractivity contribution in [3.63, 3.8) is 0 Å². The van der Waals surface area contributed by atoms with E-state index in [-0.39, 0.29) is 0 Å². The topological polar surface area (TPSA) is 0 Å². The van der Waals surface area contributed by atoms with Gasteiger partial charge in [-0.15, -0.1) is 0 Å². The summed E-state index contributed by atoms with van der Waals surface area (Å²) in [5.41, 5.74) is 1.08. The molecule has 1 rings (SSSR count). The molecule has 0 spiro atoms. The van der Waals surface area contributed by atoms with Gasteiger partial charge in [0.15, 0.2) is 0 Å². The first-order valence-corrected chi connectivity index (χ1v) is 6.71. The molecule has 1 aliphatic carbocycles. The van der Waals surface area contributed by atoms with Gasteiger partial charge in [0.1, 0.15) is 0 Å². The van der Waals surface area contributed by atoms with Crippen molar-refractivity contribution >= 4 is 22.6 Å². The number of hydrogen-bond acceptors (Lipinski definition) is 0. The van der Waals surface area contributed by atoms with Crippen LogP contribution < -0.4 is 0 Å². The molecule has 0 aromatic rings. The maximum atomic E-state index is 2.65. The Morgan fingerprint density at radius 3 is 2.15 bits per heavy atom. The third kappa shape index (κ3) is 2.05. The third-order valence-electron chi connectivity index (χ3n) is 4.10. The van der Waals surface area contributed by atoms with Crippen molar-refractivity contribution in [3.8, 4) is 0 Å². The fourth-order valence-corrected chi connectivity index (χ4v) is 4.09. The summed E-state index contributed by atoms with van der Waals surface area (Å²) >= 11 is 2.65. The molecule has 0 N–H and O–H groups in total. The lowest BCUT2D eigenvalue weighted by Crippen LogP contribution is -2.46. The third-order valence-corrected chi connectivity index (χ3v) is 6.33. The van der Waals surface area contributed by atoms with Gasteiger partial charge in [-0.05, 0) is 29.6 Å². The second-order valence-electron chi connectivity index (χ2n) is 5.78. The van der Waals surface area contributed by atoms with Crippen LogP contribution in [0.5, 0.6) is 0 Å². The van der Waals surface area contributed by atoms with Crippen molar-refractivity contribution in [2.45, 2.75) is 57.8 Å². The smallest absolute Gasteiger partial charge is 0.0164 e. The molecule has 1 saturated carbocycles. The molecule has 13 heavy (non-hydrogen) atoms. The Morgan fingerprint density at radius 1 is 1.23 bits per heavy atom. The Balaban J connectivity index is 2.91. The van der Waals surface area contributed by atoms with Crippen LogP contribution in [-0.4, -0.2) is 3.92 Å². The highest BCUT2D eigenvalue weighted by atomic mass is 127. The summed E-state index contributed by atoms with van der Waals surface area (Å²) in [5, 5.41) is 0. The van der Waals surface area contributed by atoms with Crippen LogP contribution in [0.15, 0.2) is 0 Å². The number of rotatable bonds is 1. The lowest BCUT2D eigenvalue weighted by molar-refractivity contribution is 0.0224. The van der Waals surface area contributed by atoms with Crippen molar-refractivity contribution in [3.05, 3.63) is 0 Å². The zero-order chi connectivity index (χ0) is 10.3. The highest BCUT2D eigenvalue weighted by molar-refractivity contribution is 14.1. The van der Waals surface area contributed by atoms with E-state index in [0.29, 0.717) is 10.8 Å². The van der Waals surface area contributed by atoms with Gasteiger partial charge in [0, 0.05) is 3.92 Å². The van der Waals surface area contributed by atoms with Gasteiger partial charge >= 0.3 is 0 Å². The molecular weight excluding hydrogens is 271 g/mol. The monoisotopic (exact) mass is 294 g/mol. The van der Waals surface area contributed by atoms with E-state index in [1.54, 1.807) is 0 Å². The summed E-state index contributed by atoms with van der Waals surface area (Å²) in [6, 6.07) is 0. The number of halogens is 1. The summed E-state index contributed by atoms with van der Waals surface area (Å²) in [7, 11) is 0. The Kier molecular flexibility index (Phi) is 3.37. The Morgan fingerprint density at radius 2 is 1.77 bits per heavy atom. The molecule has 0 radical (unpaired) electrons. The van der Waals surface area contributed by atoms with Gasteiger partial charge in [0.05, 0.1) is 0 Å². The van der Waals surface area contributed by atoms with Crippen molar-refractivity contribution in [2.24, 2.45) is 16.7 Å². The SMILES string of the molecule is CC[C@@H]1C(C)(C)CC[C@H](I)C1(C)C. The molecule has 0 aromatic carbocycles. The minimum atomic E-state index is 0.525.